The maximum Gasteiger partial charge on any atom is 0.416 e. The monoisotopic (exact) mass is 486 g/mol. The Morgan fingerprint density at radius 1 is 1.00 bits per heavy atom. The first-order valence-electron chi connectivity index (χ1n) is 9.86. The summed E-state index contributed by atoms with van der Waals surface area (Å²) in [5, 5.41) is 14.4. The van der Waals surface area contributed by atoms with Crippen molar-refractivity contribution < 1.29 is 31.5 Å². The van der Waals surface area contributed by atoms with Crippen molar-refractivity contribution in [2.75, 3.05) is 23.3 Å². The van der Waals surface area contributed by atoms with Gasteiger partial charge in [0.2, 0.25) is 5.95 Å². The Bertz CT molecular complexity index is 1280. The molecule has 1 aliphatic rings. The summed E-state index contributed by atoms with van der Waals surface area (Å²) >= 11 is 0. The number of piperidine rings is 1. The molecule has 180 valence electrons. The number of H-pyrrole nitrogens is 1. The van der Waals surface area contributed by atoms with E-state index in [1.165, 1.54) is 12.3 Å². The van der Waals surface area contributed by atoms with Crippen molar-refractivity contribution >= 4 is 34.1 Å². The summed E-state index contributed by atoms with van der Waals surface area (Å²) in [6.07, 6.45) is -7.96. The highest BCUT2D eigenvalue weighted by atomic mass is 19.4. The number of benzene rings is 1. The van der Waals surface area contributed by atoms with E-state index in [1.807, 2.05) is 0 Å². The van der Waals surface area contributed by atoms with Crippen LogP contribution in [0.15, 0.2) is 40.4 Å². The number of hydrogen-bond acceptors (Lipinski definition) is 7. The van der Waals surface area contributed by atoms with E-state index in [-0.39, 0.29) is 28.7 Å². The topological polar surface area (TPSA) is 106 Å². The van der Waals surface area contributed by atoms with Gasteiger partial charge in [0.15, 0.2) is 0 Å². The second kappa shape index (κ2) is 8.50. The van der Waals surface area contributed by atoms with Crippen molar-refractivity contribution in [2.45, 2.75) is 25.2 Å². The number of aromatic amines is 1. The molecule has 0 atom stereocenters. The summed E-state index contributed by atoms with van der Waals surface area (Å²) in [5.41, 5.74) is -3.54. The summed E-state index contributed by atoms with van der Waals surface area (Å²) in [6.45, 7) is 0.713. The third-order valence-corrected chi connectivity index (χ3v) is 5.22. The van der Waals surface area contributed by atoms with Crippen molar-refractivity contribution in [3.05, 3.63) is 51.9 Å². The first kappa shape index (κ1) is 23.3. The van der Waals surface area contributed by atoms with Gasteiger partial charge in [-0.1, -0.05) is 5.16 Å². The van der Waals surface area contributed by atoms with Crippen molar-refractivity contribution in [2.24, 2.45) is 5.16 Å². The van der Waals surface area contributed by atoms with Gasteiger partial charge < -0.3 is 20.4 Å². The number of rotatable bonds is 3. The molecule has 1 saturated heterocycles. The number of oxime groups is 1. The molecular formula is C20H16F6N6O2. The van der Waals surface area contributed by atoms with Gasteiger partial charge in [0.25, 0.3) is 5.56 Å². The number of halogens is 6. The fourth-order valence-corrected chi connectivity index (χ4v) is 3.54. The number of anilines is 3. The maximum atomic E-state index is 13.2. The second-order valence-electron chi connectivity index (χ2n) is 7.51. The van der Waals surface area contributed by atoms with Crippen LogP contribution in [-0.4, -0.2) is 39.0 Å². The summed E-state index contributed by atoms with van der Waals surface area (Å²) < 4.78 is 79.5. The maximum absolute atomic E-state index is 13.2. The second-order valence-corrected chi connectivity index (χ2v) is 7.51. The van der Waals surface area contributed by atoms with Gasteiger partial charge in [0, 0.05) is 37.8 Å². The van der Waals surface area contributed by atoms with Gasteiger partial charge >= 0.3 is 12.4 Å². The van der Waals surface area contributed by atoms with E-state index in [1.54, 1.807) is 4.90 Å². The van der Waals surface area contributed by atoms with Crippen LogP contribution in [0.5, 0.6) is 0 Å². The van der Waals surface area contributed by atoms with Crippen LogP contribution >= 0.6 is 0 Å². The van der Waals surface area contributed by atoms with Crippen LogP contribution in [-0.2, 0) is 12.4 Å². The zero-order valence-corrected chi connectivity index (χ0v) is 17.1. The number of hydrogen-bond donors (Lipinski definition) is 3. The third-order valence-electron chi connectivity index (χ3n) is 5.22. The Morgan fingerprint density at radius 3 is 2.18 bits per heavy atom. The highest BCUT2D eigenvalue weighted by Gasteiger charge is 2.37. The molecule has 1 aromatic carbocycles. The summed E-state index contributed by atoms with van der Waals surface area (Å²) in [4.78, 5) is 25.1. The van der Waals surface area contributed by atoms with Crippen molar-refractivity contribution in [3.8, 4) is 0 Å². The van der Waals surface area contributed by atoms with Crippen molar-refractivity contribution in [3.63, 3.8) is 0 Å². The average molecular weight is 486 g/mol. The molecule has 3 N–H and O–H groups in total. The highest BCUT2D eigenvalue weighted by Crippen LogP contribution is 2.38. The van der Waals surface area contributed by atoms with Crippen LogP contribution in [0.4, 0.5) is 43.8 Å². The Labute approximate surface area is 186 Å². The molecule has 1 fully saturated rings. The minimum Gasteiger partial charge on any atom is -0.411 e. The molecule has 34 heavy (non-hydrogen) atoms. The van der Waals surface area contributed by atoms with Gasteiger partial charge in [0.1, 0.15) is 11.2 Å². The van der Waals surface area contributed by atoms with Gasteiger partial charge in [-0.25, -0.2) is 4.98 Å². The molecule has 0 saturated carbocycles. The average Bonchev–Trinajstić information content (AvgIpc) is 2.77. The fraction of sp³-hybridized carbons (Fsp3) is 0.300. The molecule has 0 unspecified atom stereocenters. The van der Waals surface area contributed by atoms with Crippen LogP contribution in [0.3, 0.4) is 0 Å². The quantitative estimate of drug-likeness (QED) is 0.285. The molecule has 0 amide bonds. The van der Waals surface area contributed by atoms with E-state index in [0.717, 1.165) is 0 Å². The van der Waals surface area contributed by atoms with E-state index >= 15 is 0 Å². The molecule has 3 heterocycles. The van der Waals surface area contributed by atoms with Crippen LogP contribution < -0.4 is 15.8 Å². The predicted octanol–water partition coefficient (Wildman–Crippen LogP) is 4.53. The van der Waals surface area contributed by atoms with E-state index in [2.05, 4.69) is 25.4 Å². The Kier molecular flexibility index (Phi) is 5.83. The number of nitrogens with zero attached hydrogens (tertiary/aromatic N) is 4. The van der Waals surface area contributed by atoms with Gasteiger partial charge in [-0.2, -0.15) is 31.3 Å². The zero-order valence-electron chi connectivity index (χ0n) is 17.1. The number of aromatic nitrogens is 3. The third kappa shape index (κ3) is 4.75. The minimum absolute atomic E-state index is 0.00945. The Hall–Kier alpha value is -3.84. The highest BCUT2D eigenvalue weighted by molar-refractivity contribution is 5.91. The summed E-state index contributed by atoms with van der Waals surface area (Å²) in [7, 11) is 0. The Morgan fingerprint density at radius 2 is 1.62 bits per heavy atom. The van der Waals surface area contributed by atoms with Gasteiger partial charge in [-0.15, -0.1) is 0 Å². The molecule has 0 aliphatic carbocycles. The van der Waals surface area contributed by atoms with Crippen LogP contribution in [0, 0.1) is 0 Å². The molecule has 2 aromatic heterocycles. The van der Waals surface area contributed by atoms with E-state index in [9.17, 15) is 31.1 Å². The molecule has 1 aliphatic heterocycles. The smallest absolute Gasteiger partial charge is 0.411 e. The zero-order chi connectivity index (χ0) is 24.7. The van der Waals surface area contributed by atoms with Crippen LogP contribution in [0.1, 0.15) is 24.0 Å². The molecule has 0 bridgehead atoms. The molecular weight excluding hydrogens is 470 g/mol. The van der Waals surface area contributed by atoms with Crippen LogP contribution in [0.25, 0.3) is 10.9 Å². The first-order chi connectivity index (χ1) is 16.0. The normalized spacial score (nSPS) is 15.0. The van der Waals surface area contributed by atoms with E-state index < -0.39 is 34.7 Å². The summed E-state index contributed by atoms with van der Waals surface area (Å²) in [6, 6.07) is 2.45. The van der Waals surface area contributed by atoms with E-state index in [0.29, 0.717) is 43.8 Å². The van der Waals surface area contributed by atoms with Crippen LogP contribution in [0.2, 0.25) is 0 Å². The van der Waals surface area contributed by atoms with Gasteiger partial charge in [0.05, 0.1) is 22.4 Å². The predicted molar refractivity (Wildman–Crippen MR) is 111 cm³/mol. The van der Waals surface area contributed by atoms with Crippen molar-refractivity contribution in [1.82, 2.24) is 15.0 Å². The molecule has 0 spiro atoms. The number of alkyl halides is 6. The lowest BCUT2D eigenvalue weighted by molar-refractivity contribution is -0.143. The lowest BCUT2D eigenvalue weighted by Gasteiger charge is -2.27. The molecule has 0 radical (unpaired) electrons. The molecule has 4 rings (SSSR count). The van der Waals surface area contributed by atoms with Crippen molar-refractivity contribution in [1.29, 1.82) is 0 Å². The molecule has 14 heteroatoms. The SMILES string of the molecule is O=c1[nH]ccc2nc(N3CCC(=NO)CC3)nc(Nc3cc(C(F)(F)F)cc(C(F)(F)F)c3)c12. The largest absolute Gasteiger partial charge is 0.416 e. The minimum atomic E-state index is -5.03. The fourth-order valence-electron chi connectivity index (χ4n) is 3.54. The number of fused-ring (bicyclic) bond motifs is 1. The van der Waals surface area contributed by atoms with Gasteiger partial charge in [-0.05, 0) is 24.3 Å². The first-order valence-corrected chi connectivity index (χ1v) is 9.86. The van der Waals surface area contributed by atoms with Gasteiger partial charge in [-0.3, -0.25) is 4.79 Å². The lowest BCUT2D eigenvalue weighted by Crippen LogP contribution is -2.35. The Balaban J connectivity index is 1.82. The van der Waals surface area contributed by atoms with E-state index in [4.69, 9.17) is 5.21 Å². The number of pyridine rings is 1. The standard InChI is InChI=1S/C20H16F6N6O2/c21-19(22,23)10-7-11(20(24,25)26)9-13(8-10)28-16-15-14(1-4-27-17(15)33)29-18(30-16)32-5-2-12(31-34)3-6-32/h1,4,7-9,34H,2-3,5-6H2,(H,27,33)(H,28,29,30). The number of nitrogens with one attached hydrogen (secondary N) is 2. The summed E-state index contributed by atoms with van der Waals surface area (Å²) in [5.74, 6) is -0.142. The lowest BCUT2D eigenvalue weighted by atomic mass is 10.1. The molecule has 3 aromatic rings. The molecule has 8 nitrogen and oxygen atoms in total.